The minimum absolute atomic E-state index is 0.0996. The number of hydrogen-bond donors (Lipinski definition) is 3. The van der Waals surface area contributed by atoms with Crippen LogP contribution in [0, 0.1) is 0 Å². The number of anilines is 4. The minimum atomic E-state index is -0.385. The molecule has 0 saturated carbocycles. The molecule has 0 saturated heterocycles. The molecule has 0 bridgehead atoms. The van der Waals surface area contributed by atoms with Crippen molar-refractivity contribution in [3.63, 3.8) is 0 Å². The molecular weight excluding hydrogens is 406 g/mol. The summed E-state index contributed by atoms with van der Waals surface area (Å²) in [7, 11) is 0. The lowest BCUT2D eigenvalue weighted by Crippen LogP contribution is -2.17. The SMILES string of the molecule is O=C(CCCCCCC(=O)Nc1cnc(N(c2ccccc2)c2ccccc2)nc1)NO. The van der Waals surface area contributed by atoms with Gasteiger partial charge in [0, 0.05) is 24.2 Å². The maximum Gasteiger partial charge on any atom is 0.243 e. The van der Waals surface area contributed by atoms with Gasteiger partial charge in [0.25, 0.3) is 0 Å². The lowest BCUT2D eigenvalue weighted by molar-refractivity contribution is -0.129. The normalized spacial score (nSPS) is 10.4. The highest BCUT2D eigenvalue weighted by atomic mass is 16.5. The van der Waals surface area contributed by atoms with Crippen LogP contribution in [-0.4, -0.2) is 27.0 Å². The summed E-state index contributed by atoms with van der Waals surface area (Å²) in [5, 5.41) is 11.3. The molecule has 0 spiro atoms. The zero-order valence-corrected chi connectivity index (χ0v) is 17.8. The number of unbranched alkanes of at least 4 members (excludes halogenated alkanes) is 3. The molecule has 0 atom stereocenters. The van der Waals surface area contributed by atoms with Crippen LogP contribution in [0.3, 0.4) is 0 Å². The highest BCUT2D eigenvalue weighted by Crippen LogP contribution is 2.31. The number of nitrogens with one attached hydrogen (secondary N) is 2. The molecule has 2 aromatic carbocycles. The Morgan fingerprint density at radius 3 is 1.75 bits per heavy atom. The third kappa shape index (κ3) is 6.88. The van der Waals surface area contributed by atoms with Gasteiger partial charge in [0.2, 0.25) is 17.8 Å². The van der Waals surface area contributed by atoms with Crippen LogP contribution in [0.25, 0.3) is 0 Å². The van der Waals surface area contributed by atoms with Crippen LogP contribution in [0.5, 0.6) is 0 Å². The van der Waals surface area contributed by atoms with E-state index in [2.05, 4.69) is 15.3 Å². The fourth-order valence-electron chi connectivity index (χ4n) is 3.24. The van der Waals surface area contributed by atoms with Crippen LogP contribution in [0.4, 0.5) is 23.0 Å². The van der Waals surface area contributed by atoms with Gasteiger partial charge in [0.1, 0.15) is 0 Å². The highest BCUT2D eigenvalue weighted by molar-refractivity contribution is 5.90. The fraction of sp³-hybridized carbons (Fsp3) is 0.250. The molecule has 0 fully saturated rings. The number of carbonyl (C=O) groups is 2. The molecule has 0 unspecified atom stereocenters. The van der Waals surface area contributed by atoms with Crippen molar-refractivity contribution in [2.24, 2.45) is 0 Å². The largest absolute Gasteiger partial charge is 0.323 e. The quantitative estimate of drug-likeness (QED) is 0.229. The molecule has 0 aliphatic carbocycles. The van der Waals surface area contributed by atoms with Crippen LogP contribution in [0.2, 0.25) is 0 Å². The second-order valence-corrected chi connectivity index (χ2v) is 7.28. The Kier molecular flexibility index (Phi) is 8.70. The van der Waals surface area contributed by atoms with E-state index in [1.165, 1.54) is 0 Å². The summed E-state index contributed by atoms with van der Waals surface area (Å²) in [6.07, 6.45) is 6.95. The molecule has 3 aromatic rings. The Balaban J connectivity index is 1.55. The van der Waals surface area contributed by atoms with E-state index in [0.717, 1.165) is 30.6 Å². The Hall–Kier alpha value is -3.78. The molecule has 0 radical (unpaired) electrons. The van der Waals surface area contributed by atoms with Gasteiger partial charge >= 0.3 is 0 Å². The molecule has 166 valence electrons. The van der Waals surface area contributed by atoms with Crippen molar-refractivity contribution in [3.05, 3.63) is 73.1 Å². The van der Waals surface area contributed by atoms with Gasteiger partial charge < -0.3 is 5.32 Å². The minimum Gasteiger partial charge on any atom is -0.323 e. The van der Waals surface area contributed by atoms with E-state index >= 15 is 0 Å². The Morgan fingerprint density at radius 1 is 0.750 bits per heavy atom. The molecule has 2 amide bonds. The Morgan fingerprint density at radius 2 is 1.25 bits per heavy atom. The summed E-state index contributed by atoms with van der Waals surface area (Å²) in [6, 6.07) is 19.7. The topological polar surface area (TPSA) is 107 Å². The molecule has 0 aliphatic heterocycles. The molecule has 3 N–H and O–H groups in total. The molecular formula is C24H27N5O3. The van der Waals surface area contributed by atoms with E-state index in [0.29, 0.717) is 24.5 Å². The molecule has 8 heteroatoms. The van der Waals surface area contributed by atoms with E-state index in [1.54, 1.807) is 17.9 Å². The average Bonchev–Trinajstić information content (AvgIpc) is 2.84. The van der Waals surface area contributed by atoms with Gasteiger partial charge in [0.05, 0.1) is 18.1 Å². The lowest BCUT2D eigenvalue weighted by Gasteiger charge is -2.22. The first-order chi connectivity index (χ1) is 15.7. The summed E-state index contributed by atoms with van der Waals surface area (Å²) in [6.45, 7) is 0. The third-order valence-electron chi connectivity index (χ3n) is 4.83. The number of carbonyl (C=O) groups excluding carboxylic acids is 2. The van der Waals surface area contributed by atoms with Crippen LogP contribution in [0.1, 0.15) is 38.5 Å². The van der Waals surface area contributed by atoms with Gasteiger partial charge in [-0.1, -0.05) is 49.2 Å². The van der Waals surface area contributed by atoms with Gasteiger partial charge in [-0.2, -0.15) is 0 Å². The van der Waals surface area contributed by atoms with Crippen molar-refractivity contribution in [2.75, 3.05) is 10.2 Å². The van der Waals surface area contributed by atoms with Crippen LogP contribution in [-0.2, 0) is 9.59 Å². The summed E-state index contributed by atoms with van der Waals surface area (Å²) < 4.78 is 0. The van der Waals surface area contributed by atoms with Crippen molar-refractivity contribution < 1.29 is 14.8 Å². The van der Waals surface area contributed by atoms with E-state index in [9.17, 15) is 9.59 Å². The average molecular weight is 434 g/mol. The van der Waals surface area contributed by atoms with E-state index in [-0.39, 0.29) is 18.2 Å². The predicted octanol–water partition coefficient (Wildman–Crippen LogP) is 4.73. The number of para-hydroxylation sites is 2. The maximum atomic E-state index is 12.2. The van der Waals surface area contributed by atoms with Crippen LogP contribution in [0.15, 0.2) is 73.1 Å². The van der Waals surface area contributed by atoms with E-state index in [4.69, 9.17) is 5.21 Å². The van der Waals surface area contributed by atoms with Crippen molar-refractivity contribution in [3.8, 4) is 0 Å². The monoisotopic (exact) mass is 433 g/mol. The first-order valence-corrected chi connectivity index (χ1v) is 10.6. The number of hydrogen-bond acceptors (Lipinski definition) is 6. The highest BCUT2D eigenvalue weighted by Gasteiger charge is 2.14. The Bertz CT molecular complexity index is 942. The van der Waals surface area contributed by atoms with Gasteiger partial charge in [-0.05, 0) is 37.1 Å². The molecule has 1 heterocycles. The van der Waals surface area contributed by atoms with Gasteiger partial charge in [0.15, 0.2) is 0 Å². The number of aromatic nitrogens is 2. The number of rotatable bonds is 11. The second-order valence-electron chi connectivity index (χ2n) is 7.28. The first kappa shape index (κ1) is 22.9. The number of nitrogens with zero attached hydrogens (tertiary/aromatic N) is 3. The molecule has 0 aliphatic rings. The van der Waals surface area contributed by atoms with Crippen LogP contribution >= 0.6 is 0 Å². The van der Waals surface area contributed by atoms with Crippen molar-refractivity contribution >= 4 is 34.8 Å². The smallest absolute Gasteiger partial charge is 0.243 e. The summed E-state index contributed by atoms with van der Waals surface area (Å²) in [5.74, 6) is 0.0222. The number of hydroxylamine groups is 1. The van der Waals surface area contributed by atoms with Gasteiger partial charge in [-0.3, -0.25) is 19.7 Å². The van der Waals surface area contributed by atoms with Gasteiger partial charge in [-0.25, -0.2) is 15.4 Å². The maximum absolute atomic E-state index is 12.2. The number of benzene rings is 2. The molecule has 3 rings (SSSR count). The van der Waals surface area contributed by atoms with Crippen molar-refractivity contribution in [1.82, 2.24) is 15.4 Å². The summed E-state index contributed by atoms with van der Waals surface area (Å²) in [5.41, 5.74) is 4.03. The van der Waals surface area contributed by atoms with Gasteiger partial charge in [-0.15, -0.1) is 0 Å². The lowest BCUT2D eigenvalue weighted by atomic mass is 10.1. The predicted molar refractivity (Wildman–Crippen MR) is 123 cm³/mol. The van der Waals surface area contributed by atoms with Crippen LogP contribution < -0.4 is 15.7 Å². The zero-order chi connectivity index (χ0) is 22.6. The van der Waals surface area contributed by atoms with Crippen molar-refractivity contribution in [2.45, 2.75) is 38.5 Å². The summed E-state index contributed by atoms with van der Waals surface area (Å²) in [4.78, 5) is 34.0. The standard InChI is InChI=1S/C24H27N5O3/c30-22(15-9-1-2-10-16-23(31)28-32)27-19-17-25-24(26-18-19)29(20-11-5-3-6-12-20)21-13-7-4-8-14-21/h3-8,11-14,17-18,32H,1-2,9-10,15-16H2,(H,27,30)(H,28,31). The molecule has 8 nitrogen and oxygen atoms in total. The fourth-order valence-corrected chi connectivity index (χ4v) is 3.24. The summed E-state index contributed by atoms with van der Waals surface area (Å²) >= 11 is 0. The van der Waals surface area contributed by atoms with E-state index < -0.39 is 0 Å². The number of amides is 2. The van der Waals surface area contributed by atoms with Crippen molar-refractivity contribution in [1.29, 1.82) is 0 Å². The Labute approximate surface area is 187 Å². The molecule has 1 aromatic heterocycles. The molecule has 32 heavy (non-hydrogen) atoms. The second kappa shape index (κ2) is 12.2. The van der Waals surface area contributed by atoms with E-state index in [1.807, 2.05) is 65.6 Å². The first-order valence-electron chi connectivity index (χ1n) is 10.6. The third-order valence-corrected chi connectivity index (χ3v) is 4.83. The zero-order valence-electron chi connectivity index (χ0n) is 17.8.